The lowest BCUT2D eigenvalue weighted by Crippen LogP contribution is -2.46. The Bertz CT molecular complexity index is 1850. The predicted molar refractivity (Wildman–Crippen MR) is 200 cm³/mol. The molecule has 5 N–H and O–H groups in total. The van der Waals surface area contributed by atoms with Gasteiger partial charge in [-0.2, -0.15) is 0 Å². The number of phenols is 2. The lowest BCUT2D eigenvalue weighted by Gasteiger charge is -2.46. The molecule has 11 nitrogen and oxygen atoms in total. The molecule has 2 heterocycles. The Balaban J connectivity index is 1.41. The van der Waals surface area contributed by atoms with E-state index in [4.69, 9.17) is 28.4 Å². The zero-order chi connectivity index (χ0) is 37.5. The normalized spacial score (nSPS) is 20.5. The van der Waals surface area contributed by atoms with Crippen LogP contribution in [0.2, 0.25) is 0 Å². The zero-order valence-electron chi connectivity index (χ0n) is 30.8. The molecule has 11 heteroatoms. The number of hydrogen-bond acceptors (Lipinski definition) is 11. The quantitative estimate of drug-likeness (QED) is 0.0856. The minimum absolute atomic E-state index is 0.0140. The van der Waals surface area contributed by atoms with Gasteiger partial charge in [-0.05, 0) is 91.5 Å². The monoisotopic (exact) mass is 729 g/mol. The van der Waals surface area contributed by atoms with Crippen LogP contribution in [0.15, 0.2) is 66.7 Å². The van der Waals surface area contributed by atoms with Gasteiger partial charge in [-0.1, -0.05) is 18.2 Å². The highest BCUT2D eigenvalue weighted by Gasteiger charge is 2.48. The second kappa shape index (κ2) is 17.5. The molecule has 4 aromatic rings. The van der Waals surface area contributed by atoms with Crippen molar-refractivity contribution in [2.45, 2.75) is 50.5 Å². The van der Waals surface area contributed by atoms with Crippen molar-refractivity contribution >= 4 is 0 Å². The number of fused-ring (bicyclic) bond motifs is 2. The molecule has 2 aliphatic heterocycles. The SMILES string of the molecule is CNCc1cc2c(cc1OC)[C@H](OCCCO)[C@H]([C@@H]1COc3c(Cc4cc(O)ccc4-c4cccc(O)c4)cc(OC)cc3[C@H]1O)[C@@H](CCCOC)O2. The molecular formula is C42H51NO10. The van der Waals surface area contributed by atoms with Gasteiger partial charge in [0.15, 0.2) is 0 Å². The van der Waals surface area contributed by atoms with Crippen molar-refractivity contribution in [2.75, 3.05) is 54.8 Å². The lowest BCUT2D eigenvalue weighted by molar-refractivity contribution is -0.114. The fourth-order valence-corrected chi connectivity index (χ4v) is 7.80. The van der Waals surface area contributed by atoms with E-state index >= 15 is 0 Å². The number of aliphatic hydroxyl groups is 2. The second-order valence-corrected chi connectivity index (χ2v) is 13.7. The highest BCUT2D eigenvalue weighted by atomic mass is 16.5. The van der Waals surface area contributed by atoms with Crippen LogP contribution in [-0.2, 0) is 22.4 Å². The molecule has 6 rings (SSSR count). The Hall–Kier alpha value is -4.52. The number of ether oxygens (including phenoxy) is 6. The summed E-state index contributed by atoms with van der Waals surface area (Å²) in [4.78, 5) is 0. The number of benzene rings is 4. The first-order valence-electron chi connectivity index (χ1n) is 18.2. The van der Waals surface area contributed by atoms with Gasteiger partial charge in [0.25, 0.3) is 0 Å². The van der Waals surface area contributed by atoms with E-state index in [0.717, 1.165) is 39.8 Å². The largest absolute Gasteiger partial charge is 0.508 e. The summed E-state index contributed by atoms with van der Waals surface area (Å²) < 4.78 is 37.1. The molecule has 0 amide bonds. The van der Waals surface area contributed by atoms with Gasteiger partial charge < -0.3 is 54.2 Å². The average Bonchev–Trinajstić information content (AvgIpc) is 3.15. The summed E-state index contributed by atoms with van der Waals surface area (Å²) in [7, 11) is 6.78. The fourth-order valence-electron chi connectivity index (χ4n) is 7.80. The molecule has 0 fully saturated rings. The van der Waals surface area contributed by atoms with Crippen LogP contribution in [0.5, 0.6) is 34.5 Å². The Labute approximate surface area is 311 Å². The number of hydrogen-bond donors (Lipinski definition) is 5. The van der Waals surface area contributed by atoms with Crippen molar-refractivity contribution in [3.8, 4) is 45.6 Å². The topological polar surface area (TPSA) is 148 Å². The smallest absolute Gasteiger partial charge is 0.128 e. The van der Waals surface area contributed by atoms with Gasteiger partial charge in [0.05, 0.1) is 33.0 Å². The summed E-state index contributed by atoms with van der Waals surface area (Å²) in [5, 5.41) is 46.0. The number of aliphatic hydroxyl groups excluding tert-OH is 2. The maximum Gasteiger partial charge on any atom is 0.128 e. The molecule has 2 aliphatic rings. The van der Waals surface area contributed by atoms with E-state index in [2.05, 4.69) is 5.32 Å². The molecule has 5 atom stereocenters. The highest BCUT2D eigenvalue weighted by Crippen LogP contribution is 2.53. The van der Waals surface area contributed by atoms with Gasteiger partial charge in [-0.3, -0.25) is 0 Å². The summed E-state index contributed by atoms with van der Waals surface area (Å²) in [5.74, 6) is 1.97. The van der Waals surface area contributed by atoms with Crippen LogP contribution in [0.25, 0.3) is 11.1 Å². The number of aromatic hydroxyl groups is 2. The van der Waals surface area contributed by atoms with Crippen molar-refractivity contribution < 1.29 is 48.8 Å². The average molecular weight is 730 g/mol. The Morgan fingerprint density at radius 3 is 2.42 bits per heavy atom. The summed E-state index contributed by atoms with van der Waals surface area (Å²) in [5.41, 5.74) is 5.60. The first-order chi connectivity index (χ1) is 25.8. The van der Waals surface area contributed by atoms with E-state index in [1.165, 1.54) is 0 Å². The summed E-state index contributed by atoms with van der Waals surface area (Å²) in [6.07, 6.45) is 0.380. The van der Waals surface area contributed by atoms with Gasteiger partial charge in [0.1, 0.15) is 40.6 Å². The van der Waals surface area contributed by atoms with Crippen molar-refractivity contribution in [1.82, 2.24) is 5.32 Å². The molecule has 0 aromatic heterocycles. The van der Waals surface area contributed by atoms with Gasteiger partial charge in [0, 0.05) is 74.0 Å². The molecule has 53 heavy (non-hydrogen) atoms. The van der Waals surface area contributed by atoms with E-state index in [0.29, 0.717) is 67.6 Å². The molecule has 0 saturated carbocycles. The summed E-state index contributed by atoms with van der Waals surface area (Å²) >= 11 is 0. The van der Waals surface area contributed by atoms with Crippen LogP contribution in [-0.4, -0.2) is 81.3 Å². The van der Waals surface area contributed by atoms with E-state index in [9.17, 15) is 20.4 Å². The van der Waals surface area contributed by atoms with E-state index in [-0.39, 0.29) is 36.7 Å². The summed E-state index contributed by atoms with van der Waals surface area (Å²) in [6.45, 7) is 1.62. The van der Waals surface area contributed by atoms with Crippen molar-refractivity contribution in [3.05, 3.63) is 94.5 Å². The number of methoxy groups -OCH3 is 3. The molecule has 284 valence electrons. The standard InChI is InChI=1S/C42H51NO10/c1-43-23-28-20-38-33(22-37(28)50-4)42(51-15-7-13-44)39(36(53-38)10-6-14-48-2)35-24-52-41-27(19-31(49-3)21-34(41)40(35)47)16-26-18-30(46)11-12-32(26)25-8-5-9-29(45)17-25/h5,8-9,11-12,17-22,35-36,39-40,42-47H,6-7,10,13-16,23-24H2,1-4H3/t35-,36+,39+,40+,42-/m0/s1. The first kappa shape index (κ1) is 38.2. The van der Waals surface area contributed by atoms with E-state index in [1.54, 1.807) is 51.7 Å². The third-order valence-electron chi connectivity index (χ3n) is 10.3. The Morgan fingerprint density at radius 1 is 0.849 bits per heavy atom. The van der Waals surface area contributed by atoms with Gasteiger partial charge in [-0.15, -0.1) is 0 Å². The van der Waals surface area contributed by atoms with Crippen molar-refractivity contribution in [3.63, 3.8) is 0 Å². The first-order valence-corrected chi connectivity index (χ1v) is 18.2. The predicted octanol–water partition coefficient (Wildman–Crippen LogP) is 6.08. The minimum atomic E-state index is -0.975. The zero-order valence-corrected chi connectivity index (χ0v) is 30.8. The highest BCUT2D eigenvalue weighted by molar-refractivity contribution is 5.70. The van der Waals surface area contributed by atoms with Crippen LogP contribution < -0.4 is 24.3 Å². The van der Waals surface area contributed by atoms with Crippen LogP contribution in [0, 0.1) is 11.8 Å². The maximum absolute atomic E-state index is 12.4. The number of rotatable bonds is 16. The molecule has 0 radical (unpaired) electrons. The molecule has 0 unspecified atom stereocenters. The van der Waals surface area contributed by atoms with E-state index < -0.39 is 18.1 Å². The molecular weight excluding hydrogens is 678 g/mol. The second-order valence-electron chi connectivity index (χ2n) is 13.7. The Morgan fingerprint density at radius 2 is 1.68 bits per heavy atom. The lowest BCUT2D eigenvalue weighted by atomic mass is 9.72. The molecule has 0 aliphatic carbocycles. The van der Waals surface area contributed by atoms with Gasteiger partial charge in [-0.25, -0.2) is 0 Å². The van der Waals surface area contributed by atoms with Crippen LogP contribution in [0.1, 0.15) is 59.3 Å². The maximum atomic E-state index is 12.4. The van der Waals surface area contributed by atoms with Crippen LogP contribution in [0.3, 0.4) is 0 Å². The summed E-state index contributed by atoms with van der Waals surface area (Å²) in [6, 6.07) is 19.8. The number of phenolic OH excluding ortho intramolecular Hbond substituents is 2. The third-order valence-corrected chi connectivity index (χ3v) is 10.3. The molecule has 0 saturated heterocycles. The van der Waals surface area contributed by atoms with Gasteiger partial charge >= 0.3 is 0 Å². The fraction of sp³-hybridized carbons (Fsp3) is 0.429. The minimum Gasteiger partial charge on any atom is -0.508 e. The third kappa shape index (κ3) is 8.35. The Kier molecular flexibility index (Phi) is 12.6. The van der Waals surface area contributed by atoms with Crippen molar-refractivity contribution in [2.24, 2.45) is 11.8 Å². The van der Waals surface area contributed by atoms with Crippen molar-refractivity contribution in [1.29, 1.82) is 0 Å². The van der Waals surface area contributed by atoms with Crippen LogP contribution >= 0.6 is 0 Å². The van der Waals surface area contributed by atoms with Crippen LogP contribution in [0.4, 0.5) is 0 Å². The number of nitrogens with one attached hydrogen (secondary N) is 1. The molecule has 0 bridgehead atoms. The molecule has 4 aromatic carbocycles. The van der Waals surface area contributed by atoms with E-state index in [1.807, 2.05) is 43.4 Å². The van der Waals surface area contributed by atoms with Gasteiger partial charge in [0.2, 0.25) is 0 Å². The molecule has 0 spiro atoms.